The standard InChI is InChI=1S/C64H128NO8P/c1-6-8-10-12-14-16-18-20-21-22-23-24-25-26-27-28-29-30-31-32-33-34-35-36-37-38-39-40-41-42-43-45-47-49-51-53-55-57-64(67)73-62(61-72-74(68,69)71-59-58-65(3,4)5)60-70-63(66)56-54-52-50-48-46-44-19-17-15-13-11-9-7-2/h62H,6-61H2,1-5H3. The molecule has 0 fully saturated rings. The number of quaternary nitrogens is 1. The summed E-state index contributed by atoms with van der Waals surface area (Å²) in [6.07, 6.45) is 66.3. The first-order valence-electron chi connectivity index (χ1n) is 32.7. The molecule has 442 valence electrons. The number of hydrogen-bond donors (Lipinski definition) is 0. The number of carbonyl (C=O) groups excluding carboxylic acids is 2. The molecule has 9 nitrogen and oxygen atoms in total. The lowest BCUT2D eigenvalue weighted by atomic mass is 10.0. The number of rotatable bonds is 62. The van der Waals surface area contributed by atoms with Crippen LogP contribution in [0.15, 0.2) is 0 Å². The first-order chi connectivity index (χ1) is 36.0. The summed E-state index contributed by atoms with van der Waals surface area (Å²) in [6, 6.07) is 0. The lowest BCUT2D eigenvalue weighted by Gasteiger charge is -2.28. The lowest BCUT2D eigenvalue weighted by Crippen LogP contribution is -2.37. The second-order valence-corrected chi connectivity index (χ2v) is 25.3. The molecule has 0 aliphatic rings. The van der Waals surface area contributed by atoms with Crippen LogP contribution in [-0.2, 0) is 32.7 Å². The molecule has 2 unspecified atom stereocenters. The molecule has 0 saturated heterocycles. The summed E-state index contributed by atoms with van der Waals surface area (Å²) in [7, 11) is 1.19. The number of hydrogen-bond acceptors (Lipinski definition) is 8. The molecular formula is C64H128NO8P. The number of esters is 2. The summed E-state index contributed by atoms with van der Waals surface area (Å²) in [6.45, 7) is 4.30. The molecule has 0 spiro atoms. The van der Waals surface area contributed by atoms with Crippen molar-refractivity contribution < 1.29 is 42.1 Å². The minimum Gasteiger partial charge on any atom is -0.756 e. The van der Waals surface area contributed by atoms with E-state index in [2.05, 4.69) is 13.8 Å². The van der Waals surface area contributed by atoms with Crippen LogP contribution in [0.2, 0.25) is 0 Å². The highest BCUT2D eigenvalue weighted by Crippen LogP contribution is 2.38. The predicted molar refractivity (Wildman–Crippen MR) is 315 cm³/mol. The summed E-state index contributed by atoms with van der Waals surface area (Å²) < 4.78 is 34.2. The van der Waals surface area contributed by atoms with E-state index in [0.717, 1.165) is 32.1 Å². The molecule has 0 radical (unpaired) electrons. The molecule has 0 aromatic heterocycles. The van der Waals surface area contributed by atoms with E-state index >= 15 is 0 Å². The third kappa shape index (κ3) is 60.2. The number of phosphoric acid groups is 1. The van der Waals surface area contributed by atoms with E-state index in [1.54, 1.807) is 0 Å². The van der Waals surface area contributed by atoms with Crippen molar-refractivity contribution in [2.24, 2.45) is 0 Å². The molecule has 10 heteroatoms. The molecule has 0 aliphatic carbocycles. The van der Waals surface area contributed by atoms with E-state index in [9.17, 15) is 19.0 Å². The minimum atomic E-state index is -4.63. The van der Waals surface area contributed by atoms with Gasteiger partial charge in [0.25, 0.3) is 7.82 Å². The van der Waals surface area contributed by atoms with Crippen molar-refractivity contribution in [1.82, 2.24) is 0 Å². The Bertz CT molecular complexity index is 1210. The summed E-state index contributed by atoms with van der Waals surface area (Å²) >= 11 is 0. The number of nitrogens with zero attached hydrogens (tertiary/aromatic N) is 1. The Hall–Kier alpha value is -0.990. The van der Waals surface area contributed by atoms with Crippen LogP contribution >= 0.6 is 7.82 Å². The van der Waals surface area contributed by atoms with Gasteiger partial charge in [0.15, 0.2) is 6.10 Å². The fourth-order valence-electron chi connectivity index (χ4n) is 10.1. The number of likely N-dealkylation sites (N-methyl/N-ethyl adjacent to an activating group) is 1. The van der Waals surface area contributed by atoms with Gasteiger partial charge in [0.05, 0.1) is 27.7 Å². The van der Waals surface area contributed by atoms with Gasteiger partial charge in [-0.2, -0.15) is 0 Å². The summed E-state index contributed by atoms with van der Waals surface area (Å²) in [4.78, 5) is 37.8. The molecule has 0 amide bonds. The van der Waals surface area contributed by atoms with Gasteiger partial charge in [0.2, 0.25) is 0 Å². The second-order valence-electron chi connectivity index (χ2n) is 23.9. The van der Waals surface area contributed by atoms with Crippen LogP contribution in [-0.4, -0.2) is 70.0 Å². The molecule has 0 saturated carbocycles. The van der Waals surface area contributed by atoms with Gasteiger partial charge in [0, 0.05) is 12.8 Å². The fraction of sp³-hybridized carbons (Fsp3) is 0.969. The Morgan fingerprint density at radius 1 is 0.365 bits per heavy atom. The monoisotopic (exact) mass is 1070 g/mol. The van der Waals surface area contributed by atoms with Crippen molar-refractivity contribution in [2.45, 2.75) is 354 Å². The normalized spacial score (nSPS) is 13.1. The first kappa shape index (κ1) is 73.0. The molecule has 0 aliphatic heterocycles. The van der Waals surface area contributed by atoms with Crippen molar-refractivity contribution in [3.05, 3.63) is 0 Å². The van der Waals surface area contributed by atoms with Crippen LogP contribution in [0.4, 0.5) is 0 Å². The average Bonchev–Trinajstić information content (AvgIpc) is 3.36. The Morgan fingerprint density at radius 2 is 0.608 bits per heavy atom. The molecule has 0 bridgehead atoms. The smallest absolute Gasteiger partial charge is 0.306 e. The second kappa shape index (κ2) is 56.7. The highest BCUT2D eigenvalue weighted by molar-refractivity contribution is 7.45. The van der Waals surface area contributed by atoms with E-state index < -0.39 is 26.5 Å². The Kier molecular flexibility index (Phi) is 56.0. The lowest BCUT2D eigenvalue weighted by molar-refractivity contribution is -0.870. The Labute approximate surface area is 461 Å². The highest BCUT2D eigenvalue weighted by atomic mass is 31.2. The third-order valence-electron chi connectivity index (χ3n) is 15.1. The molecule has 2 atom stereocenters. The highest BCUT2D eigenvalue weighted by Gasteiger charge is 2.22. The zero-order valence-corrected chi connectivity index (χ0v) is 51.2. The van der Waals surface area contributed by atoms with Gasteiger partial charge in [-0.1, -0.05) is 322 Å². The van der Waals surface area contributed by atoms with Crippen molar-refractivity contribution in [3.8, 4) is 0 Å². The van der Waals surface area contributed by atoms with E-state index in [1.165, 1.54) is 283 Å². The maximum atomic E-state index is 12.8. The zero-order valence-electron chi connectivity index (χ0n) is 50.3. The maximum Gasteiger partial charge on any atom is 0.306 e. The number of ether oxygens (including phenoxy) is 2. The molecular weight excluding hydrogens is 942 g/mol. The van der Waals surface area contributed by atoms with Gasteiger partial charge in [-0.05, 0) is 12.8 Å². The number of unbranched alkanes of at least 4 members (excludes halogenated alkanes) is 48. The van der Waals surface area contributed by atoms with Crippen LogP contribution in [0.5, 0.6) is 0 Å². The molecule has 0 aromatic carbocycles. The topological polar surface area (TPSA) is 111 Å². The van der Waals surface area contributed by atoms with Crippen molar-refractivity contribution in [1.29, 1.82) is 0 Å². The molecule has 0 heterocycles. The fourth-order valence-corrected chi connectivity index (χ4v) is 10.8. The van der Waals surface area contributed by atoms with Gasteiger partial charge in [0.1, 0.15) is 19.8 Å². The van der Waals surface area contributed by atoms with Gasteiger partial charge < -0.3 is 27.9 Å². The predicted octanol–water partition coefficient (Wildman–Crippen LogP) is 20.0. The quantitative estimate of drug-likeness (QED) is 0.0256. The van der Waals surface area contributed by atoms with E-state index in [1.807, 2.05) is 21.1 Å². The molecule has 0 rings (SSSR count). The summed E-state index contributed by atoms with van der Waals surface area (Å²) in [5.41, 5.74) is 0. The van der Waals surface area contributed by atoms with Crippen molar-refractivity contribution in [2.75, 3.05) is 47.5 Å². The minimum absolute atomic E-state index is 0.0252. The number of phosphoric ester groups is 1. The largest absolute Gasteiger partial charge is 0.756 e. The molecule has 74 heavy (non-hydrogen) atoms. The van der Waals surface area contributed by atoms with Gasteiger partial charge in [-0.15, -0.1) is 0 Å². The maximum absolute atomic E-state index is 12.8. The molecule has 0 aromatic rings. The van der Waals surface area contributed by atoms with Crippen molar-refractivity contribution in [3.63, 3.8) is 0 Å². The van der Waals surface area contributed by atoms with Crippen LogP contribution in [0.1, 0.15) is 348 Å². The van der Waals surface area contributed by atoms with Gasteiger partial charge >= 0.3 is 11.9 Å². The number of carbonyl (C=O) groups is 2. The van der Waals surface area contributed by atoms with Gasteiger partial charge in [-0.3, -0.25) is 14.2 Å². The SMILES string of the molecule is CCCCCCCCCCCCCCCCCCCCCCCCCCCCCCCCCCCCCCCC(=O)OC(COC(=O)CCCCCCCCCCCCCCC)COP(=O)([O-])OCC[N+](C)(C)C. The zero-order chi connectivity index (χ0) is 54.2. The van der Waals surface area contributed by atoms with E-state index in [4.69, 9.17) is 18.5 Å². The van der Waals surface area contributed by atoms with Crippen molar-refractivity contribution >= 4 is 19.8 Å². The van der Waals surface area contributed by atoms with Crippen LogP contribution in [0.25, 0.3) is 0 Å². The summed E-state index contributed by atoms with van der Waals surface area (Å²) in [5.74, 6) is -0.811. The molecule has 0 N–H and O–H groups in total. The van der Waals surface area contributed by atoms with Crippen LogP contribution < -0.4 is 4.89 Å². The van der Waals surface area contributed by atoms with E-state index in [-0.39, 0.29) is 32.0 Å². The van der Waals surface area contributed by atoms with Gasteiger partial charge in [-0.25, -0.2) is 0 Å². The Morgan fingerprint density at radius 3 is 0.865 bits per heavy atom. The van der Waals surface area contributed by atoms with Crippen LogP contribution in [0.3, 0.4) is 0 Å². The first-order valence-corrected chi connectivity index (χ1v) is 34.2. The Balaban J connectivity index is 3.84. The summed E-state index contributed by atoms with van der Waals surface area (Å²) in [5, 5.41) is 0. The van der Waals surface area contributed by atoms with E-state index in [0.29, 0.717) is 17.4 Å². The van der Waals surface area contributed by atoms with Crippen LogP contribution in [0, 0.1) is 0 Å². The third-order valence-corrected chi connectivity index (χ3v) is 16.1. The average molecular weight is 1070 g/mol.